The third-order valence-electron chi connectivity index (χ3n) is 2.89. The zero-order valence-corrected chi connectivity index (χ0v) is 11.5. The summed E-state index contributed by atoms with van der Waals surface area (Å²) >= 11 is 0. The van der Waals surface area contributed by atoms with Gasteiger partial charge in [0, 0.05) is 11.6 Å². The number of phenols is 2. The number of hydrogen-bond donors (Lipinski definition) is 3. The van der Waals surface area contributed by atoms with Crippen LogP contribution in [0.5, 0.6) is 17.4 Å². The van der Waals surface area contributed by atoms with E-state index >= 15 is 0 Å². The van der Waals surface area contributed by atoms with Gasteiger partial charge in [-0.25, -0.2) is 4.98 Å². The quantitative estimate of drug-likeness (QED) is 0.731. The highest BCUT2D eigenvalue weighted by Crippen LogP contribution is 2.30. The van der Waals surface area contributed by atoms with E-state index in [0.717, 1.165) is 5.69 Å². The van der Waals surface area contributed by atoms with Crippen molar-refractivity contribution in [2.24, 2.45) is 0 Å². The van der Waals surface area contributed by atoms with Crippen molar-refractivity contribution in [3.8, 4) is 17.4 Å². The highest BCUT2D eigenvalue weighted by atomic mass is 16.5. The Morgan fingerprint density at radius 2 is 2.05 bits per heavy atom. The van der Waals surface area contributed by atoms with Gasteiger partial charge in [-0.3, -0.25) is 0 Å². The predicted octanol–water partition coefficient (Wildman–Crippen LogP) is 3.06. The van der Waals surface area contributed by atoms with Crippen LogP contribution >= 0.6 is 0 Å². The fourth-order valence-corrected chi connectivity index (χ4v) is 1.92. The van der Waals surface area contributed by atoms with Gasteiger partial charge in [-0.15, -0.1) is 0 Å². The molecule has 0 spiro atoms. The molecule has 0 aliphatic heterocycles. The van der Waals surface area contributed by atoms with Gasteiger partial charge >= 0.3 is 0 Å². The number of anilines is 1. The molecule has 2 aromatic rings. The van der Waals surface area contributed by atoms with Gasteiger partial charge in [-0.2, -0.15) is 0 Å². The van der Waals surface area contributed by atoms with Gasteiger partial charge in [0.15, 0.2) is 0 Å². The number of hydrogen-bond acceptors (Lipinski definition) is 5. The largest absolute Gasteiger partial charge is 0.508 e. The second-order valence-electron chi connectivity index (χ2n) is 4.43. The molecule has 0 aliphatic carbocycles. The maximum Gasteiger partial charge on any atom is 0.213 e. The average molecular weight is 274 g/mol. The van der Waals surface area contributed by atoms with Crippen LogP contribution in [0.3, 0.4) is 0 Å². The molecule has 2 rings (SSSR count). The molecule has 0 aliphatic rings. The molecule has 0 amide bonds. The first-order chi connectivity index (χ1) is 9.60. The van der Waals surface area contributed by atoms with Crippen molar-refractivity contribution in [2.75, 3.05) is 11.9 Å². The smallest absolute Gasteiger partial charge is 0.213 e. The number of aromatic hydroxyl groups is 2. The van der Waals surface area contributed by atoms with Gasteiger partial charge in [0.1, 0.15) is 11.5 Å². The molecule has 1 aromatic heterocycles. The lowest BCUT2D eigenvalue weighted by atomic mass is 10.1. The van der Waals surface area contributed by atoms with E-state index in [9.17, 15) is 10.2 Å². The highest BCUT2D eigenvalue weighted by Gasteiger charge is 2.11. The summed E-state index contributed by atoms with van der Waals surface area (Å²) in [7, 11) is 0. The van der Waals surface area contributed by atoms with E-state index in [0.29, 0.717) is 18.1 Å². The Balaban J connectivity index is 2.10. The Kier molecular flexibility index (Phi) is 4.30. The van der Waals surface area contributed by atoms with Gasteiger partial charge in [-0.1, -0.05) is 0 Å². The molecule has 5 heteroatoms. The summed E-state index contributed by atoms with van der Waals surface area (Å²) in [5.41, 5.74) is 1.43. The van der Waals surface area contributed by atoms with Crippen LogP contribution in [-0.4, -0.2) is 21.8 Å². The fourth-order valence-electron chi connectivity index (χ4n) is 1.92. The standard InChI is InChI=1S/C15H18N2O3/c1-3-20-15-7-4-11(9-16-15)17-10(2)13-8-12(18)5-6-14(13)19/h4-10,17-19H,3H2,1-2H3. The number of ether oxygens (including phenoxy) is 1. The summed E-state index contributed by atoms with van der Waals surface area (Å²) in [5.74, 6) is 0.837. The van der Waals surface area contributed by atoms with Crippen LogP contribution in [0.4, 0.5) is 5.69 Å². The molecule has 0 radical (unpaired) electrons. The zero-order valence-electron chi connectivity index (χ0n) is 11.5. The summed E-state index contributed by atoms with van der Waals surface area (Å²) < 4.78 is 5.27. The third-order valence-corrected chi connectivity index (χ3v) is 2.89. The Bertz CT molecular complexity index is 570. The second kappa shape index (κ2) is 6.14. The van der Waals surface area contributed by atoms with Crippen LogP contribution in [0.2, 0.25) is 0 Å². The minimum atomic E-state index is -0.165. The molecule has 0 saturated carbocycles. The zero-order chi connectivity index (χ0) is 14.5. The minimum Gasteiger partial charge on any atom is -0.508 e. The molecule has 20 heavy (non-hydrogen) atoms. The number of rotatable bonds is 5. The first-order valence-corrected chi connectivity index (χ1v) is 6.47. The van der Waals surface area contributed by atoms with Crippen molar-refractivity contribution in [2.45, 2.75) is 19.9 Å². The molecule has 3 N–H and O–H groups in total. The first-order valence-electron chi connectivity index (χ1n) is 6.47. The molecule has 0 fully saturated rings. The van der Waals surface area contributed by atoms with Gasteiger partial charge in [-0.05, 0) is 38.1 Å². The maximum atomic E-state index is 9.81. The number of nitrogens with zero attached hydrogens (tertiary/aromatic N) is 1. The summed E-state index contributed by atoms with van der Waals surface area (Å²) in [5, 5.41) is 22.5. The van der Waals surface area contributed by atoms with Gasteiger partial charge in [0.25, 0.3) is 0 Å². The molecule has 0 saturated heterocycles. The van der Waals surface area contributed by atoms with Crippen molar-refractivity contribution in [1.82, 2.24) is 4.98 Å². The number of aromatic nitrogens is 1. The summed E-state index contributed by atoms with van der Waals surface area (Å²) in [6.07, 6.45) is 1.67. The fraction of sp³-hybridized carbons (Fsp3) is 0.267. The predicted molar refractivity (Wildman–Crippen MR) is 77.2 cm³/mol. The van der Waals surface area contributed by atoms with E-state index in [1.165, 1.54) is 18.2 Å². The molecule has 1 unspecified atom stereocenters. The van der Waals surface area contributed by atoms with Crippen molar-refractivity contribution >= 4 is 5.69 Å². The molecular formula is C15H18N2O3. The van der Waals surface area contributed by atoms with Crippen LogP contribution in [0.15, 0.2) is 36.5 Å². The van der Waals surface area contributed by atoms with Gasteiger partial charge < -0.3 is 20.3 Å². The summed E-state index contributed by atoms with van der Waals surface area (Å²) in [6.45, 7) is 4.37. The van der Waals surface area contributed by atoms with Gasteiger partial charge in [0.2, 0.25) is 5.88 Å². The lowest BCUT2D eigenvalue weighted by Crippen LogP contribution is -2.07. The molecule has 1 atom stereocenters. The number of phenolic OH excluding ortho intramolecular Hbond substituents is 2. The van der Waals surface area contributed by atoms with Crippen molar-refractivity contribution in [3.05, 3.63) is 42.1 Å². The monoisotopic (exact) mass is 274 g/mol. The molecule has 106 valence electrons. The molecular weight excluding hydrogens is 256 g/mol. The van der Waals surface area contributed by atoms with E-state index in [1.807, 2.05) is 19.9 Å². The average Bonchev–Trinajstić information content (AvgIpc) is 2.44. The number of benzene rings is 1. The Morgan fingerprint density at radius 3 is 2.70 bits per heavy atom. The number of pyridine rings is 1. The van der Waals surface area contributed by atoms with Crippen LogP contribution in [0.25, 0.3) is 0 Å². The van der Waals surface area contributed by atoms with E-state index in [1.54, 1.807) is 12.3 Å². The Morgan fingerprint density at radius 1 is 1.25 bits per heavy atom. The van der Waals surface area contributed by atoms with E-state index in [4.69, 9.17) is 4.74 Å². The first kappa shape index (κ1) is 14.0. The van der Waals surface area contributed by atoms with Crippen LogP contribution in [0.1, 0.15) is 25.5 Å². The number of nitrogens with one attached hydrogen (secondary N) is 1. The minimum absolute atomic E-state index is 0.122. The topological polar surface area (TPSA) is 74.6 Å². The highest BCUT2D eigenvalue weighted by molar-refractivity contribution is 5.48. The normalized spacial score (nSPS) is 11.9. The molecule has 0 bridgehead atoms. The van der Waals surface area contributed by atoms with E-state index in [-0.39, 0.29) is 17.5 Å². The molecule has 1 aromatic carbocycles. The second-order valence-corrected chi connectivity index (χ2v) is 4.43. The Labute approximate surface area is 117 Å². The molecule has 5 nitrogen and oxygen atoms in total. The lowest BCUT2D eigenvalue weighted by Gasteiger charge is -2.17. The van der Waals surface area contributed by atoms with E-state index in [2.05, 4.69) is 10.3 Å². The van der Waals surface area contributed by atoms with Crippen molar-refractivity contribution in [3.63, 3.8) is 0 Å². The van der Waals surface area contributed by atoms with Crippen LogP contribution in [0, 0.1) is 0 Å². The van der Waals surface area contributed by atoms with E-state index < -0.39 is 0 Å². The SMILES string of the molecule is CCOc1ccc(NC(C)c2cc(O)ccc2O)cn1. The lowest BCUT2D eigenvalue weighted by molar-refractivity contribution is 0.327. The van der Waals surface area contributed by atoms with Crippen LogP contribution < -0.4 is 10.1 Å². The van der Waals surface area contributed by atoms with Gasteiger partial charge in [0.05, 0.1) is 24.5 Å². The Hall–Kier alpha value is -2.43. The molecule has 1 heterocycles. The van der Waals surface area contributed by atoms with Crippen molar-refractivity contribution in [1.29, 1.82) is 0 Å². The third kappa shape index (κ3) is 3.32. The maximum absolute atomic E-state index is 9.81. The summed E-state index contributed by atoms with van der Waals surface area (Å²) in [4.78, 5) is 4.16. The summed E-state index contributed by atoms with van der Waals surface area (Å²) in [6, 6.07) is 7.93. The van der Waals surface area contributed by atoms with Crippen LogP contribution in [-0.2, 0) is 0 Å². The van der Waals surface area contributed by atoms with Crippen molar-refractivity contribution < 1.29 is 14.9 Å².